The molecule has 1 aliphatic heterocycles. The Morgan fingerprint density at radius 2 is 1.12 bits per heavy atom. The molecule has 2 unspecified atom stereocenters. The second-order valence-corrected chi connectivity index (χ2v) is 7.56. The fourth-order valence-electron chi connectivity index (χ4n) is 1.09. The highest BCUT2D eigenvalue weighted by molar-refractivity contribution is 6.70. The van der Waals surface area contributed by atoms with Gasteiger partial charge in [0, 0.05) is 0 Å². The van der Waals surface area contributed by atoms with Crippen LogP contribution < -0.4 is 10.6 Å². The van der Waals surface area contributed by atoms with Crippen LogP contribution in [0.5, 0.6) is 0 Å². The summed E-state index contributed by atoms with van der Waals surface area (Å²) in [5.74, 6) is 0. The molecule has 0 radical (unpaired) electrons. The average molecular weight is 353 g/mol. The molecule has 2 amide bonds. The third kappa shape index (κ3) is 2.01. The molecule has 0 aromatic rings. The Balaban J connectivity index is 3.34. The van der Waals surface area contributed by atoms with Gasteiger partial charge in [-0.2, -0.15) is 0 Å². The summed E-state index contributed by atoms with van der Waals surface area (Å²) in [6, 6.07) is -1.07. The number of hydrogen-bond donors (Lipinski definition) is 4. The van der Waals surface area contributed by atoms with Gasteiger partial charge in [-0.1, -0.05) is 69.6 Å². The Bertz CT molecular complexity index is 297. The summed E-state index contributed by atoms with van der Waals surface area (Å²) in [7, 11) is 0. The van der Waals surface area contributed by atoms with E-state index in [4.69, 9.17) is 69.6 Å². The zero-order chi connectivity index (χ0) is 13.0. The third-order valence-corrected chi connectivity index (χ3v) is 3.57. The number of rotatable bonds is 0. The second-order valence-electron chi connectivity index (χ2n) is 3.00. The second kappa shape index (κ2) is 3.96. The number of alkyl halides is 6. The molecule has 94 valence electrons. The minimum absolute atomic E-state index is 1.07. The van der Waals surface area contributed by atoms with Crippen molar-refractivity contribution in [2.24, 2.45) is 0 Å². The number of carbonyl (C=O) groups excluding carboxylic acids is 1. The van der Waals surface area contributed by atoms with Crippen molar-refractivity contribution in [3.05, 3.63) is 0 Å². The van der Waals surface area contributed by atoms with Crippen LogP contribution in [0.15, 0.2) is 0 Å². The van der Waals surface area contributed by atoms with E-state index in [1.54, 1.807) is 10.6 Å². The molecule has 0 spiro atoms. The van der Waals surface area contributed by atoms with E-state index in [2.05, 4.69) is 0 Å². The molecular weight excluding hydrogens is 349 g/mol. The van der Waals surface area contributed by atoms with Crippen LogP contribution in [0.4, 0.5) is 4.79 Å². The highest BCUT2D eigenvalue weighted by Crippen LogP contribution is 2.52. The van der Waals surface area contributed by atoms with Crippen LogP contribution in [0.25, 0.3) is 0 Å². The zero-order valence-corrected chi connectivity index (χ0v) is 11.6. The van der Waals surface area contributed by atoms with Crippen molar-refractivity contribution in [3.63, 3.8) is 0 Å². The number of nitrogens with one attached hydrogen (secondary N) is 2. The van der Waals surface area contributed by atoms with Gasteiger partial charge >= 0.3 is 6.03 Å². The summed E-state index contributed by atoms with van der Waals surface area (Å²) >= 11 is 32.6. The summed E-state index contributed by atoms with van der Waals surface area (Å²) < 4.78 is -5.07. The molecule has 1 heterocycles. The molecule has 5 nitrogen and oxygen atoms in total. The molecule has 0 aromatic heterocycles. The first-order chi connectivity index (χ1) is 6.85. The maximum Gasteiger partial charge on any atom is 0.319 e. The van der Waals surface area contributed by atoms with Crippen molar-refractivity contribution >= 4 is 75.6 Å². The van der Waals surface area contributed by atoms with E-state index in [-0.39, 0.29) is 0 Å². The quantitative estimate of drug-likeness (QED) is 0.498. The van der Waals surface area contributed by atoms with E-state index in [0.29, 0.717) is 0 Å². The zero-order valence-electron chi connectivity index (χ0n) is 7.07. The van der Waals surface area contributed by atoms with Crippen LogP contribution in [0.2, 0.25) is 0 Å². The first-order valence-corrected chi connectivity index (χ1v) is 5.80. The molecule has 1 aliphatic rings. The molecular formula is C5H4Cl6N2O3. The number of urea groups is 1. The number of halogens is 6. The van der Waals surface area contributed by atoms with Gasteiger partial charge in [0.25, 0.3) is 0 Å². The van der Waals surface area contributed by atoms with E-state index in [1.165, 1.54) is 0 Å². The largest absolute Gasteiger partial charge is 0.363 e. The topological polar surface area (TPSA) is 81.6 Å². The molecule has 0 bridgehead atoms. The molecule has 1 saturated heterocycles. The monoisotopic (exact) mass is 350 g/mol. The lowest BCUT2D eigenvalue weighted by atomic mass is 10.0. The van der Waals surface area contributed by atoms with Crippen LogP contribution in [-0.4, -0.2) is 35.3 Å². The van der Waals surface area contributed by atoms with E-state index in [1.807, 2.05) is 0 Å². The standard InChI is InChI=1S/C5H4Cl6N2O3/c6-4(7,8)2(15)3(16,5(9,10)11)13-1(14)12-2/h15-16H,(H2,12,13,14). The van der Waals surface area contributed by atoms with Crippen LogP contribution in [0.1, 0.15) is 0 Å². The molecule has 1 rings (SSSR count). The van der Waals surface area contributed by atoms with Gasteiger partial charge in [0.2, 0.25) is 19.0 Å². The number of hydrogen-bond acceptors (Lipinski definition) is 3. The molecule has 1 fully saturated rings. The van der Waals surface area contributed by atoms with Gasteiger partial charge in [-0.3, -0.25) is 0 Å². The van der Waals surface area contributed by atoms with E-state index < -0.39 is 25.1 Å². The predicted molar refractivity (Wildman–Crippen MR) is 62.1 cm³/mol. The molecule has 11 heteroatoms. The SMILES string of the molecule is O=C1NC(O)(C(Cl)(Cl)Cl)C(O)(C(Cl)(Cl)Cl)N1. The first-order valence-electron chi connectivity index (χ1n) is 3.54. The lowest BCUT2D eigenvalue weighted by Gasteiger charge is -2.43. The first kappa shape index (κ1) is 15.0. The van der Waals surface area contributed by atoms with Gasteiger partial charge in [-0.15, -0.1) is 0 Å². The number of amides is 2. The maximum atomic E-state index is 11.1. The Kier molecular flexibility index (Phi) is 3.71. The van der Waals surface area contributed by atoms with Crippen LogP contribution in [-0.2, 0) is 0 Å². The predicted octanol–water partition coefficient (Wildman–Crippen LogP) is 1.42. The lowest BCUT2D eigenvalue weighted by molar-refractivity contribution is -0.147. The van der Waals surface area contributed by atoms with Crippen LogP contribution in [0, 0.1) is 0 Å². The van der Waals surface area contributed by atoms with Gasteiger partial charge in [-0.25, -0.2) is 4.79 Å². The van der Waals surface area contributed by atoms with Crippen molar-refractivity contribution in [2.45, 2.75) is 19.0 Å². The Labute approximate surface area is 120 Å². The van der Waals surface area contributed by atoms with E-state index in [0.717, 1.165) is 0 Å². The molecule has 0 saturated carbocycles. The number of aliphatic hydroxyl groups is 2. The Morgan fingerprint density at radius 1 is 0.875 bits per heavy atom. The molecule has 0 aromatic carbocycles. The smallest absolute Gasteiger partial charge is 0.319 e. The van der Waals surface area contributed by atoms with Crippen molar-refractivity contribution < 1.29 is 15.0 Å². The molecule has 2 atom stereocenters. The Morgan fingerprint density at radius 3 is 1.31 bits per heavy atom. The lowest BCUT2D eigenvalue weighted by Crippen LogP contribution is -2.72. The minimum atomic E-state index is -2.81. The molecule has 0 aliphatic carbocycles. The maximum absolute atomic E-state index is 11.1. The summed E-state index contributed by atoms with van der Waals surface area (Å²) in [5, 5.41) is 23.5. The van der Waals surface area contributed by atoms with Gasteiger partial charge in [0.1, 0.15) is 0 Å². The summed E-state index contributed by atoms with van der Waals surface area (Å²) in [6.45, 7) is 0. The van der Waals surface area contributed by atoms with E-state index in [9.17, 15) is 15.0 Å². The van der Waals surface area contributed by atoms with Crippen molar-refractivity contribution in [1.82, 2.24) is 10.6 Å². The minimum Gasteiger partial charge on any atom is -0.363 e. The fourth-order valence-corrected chi connectivity index (χ4v) is 2.20. The molecule has 16 heavy (non-hydrogen) atoms. The van der Waals surface area contributed by atoms with Gasteiger partial charge in [0.05, 0.1) is 0 Å². The summed E-state index contributed by atoms with van der Waals surface area (Å²) in [6.07, 6.45) is 0. The highest BCUT2D eigenvalue weighted by Gasteiger charge is 2.74. The highest BCUT2D eigenvalue weighted by atomic mass is 35.6. The van der Waals surface area contributed by atoms with Gasteiger partial charge in [0.15, 0.2) is 0 Å². The molecule has 4 N–H and O–H groups in total. The van der Waals surface area contributed by atoms with Crippen molar-refractivity contribution in [3.8, 4) is 0 Å². The van der Waals surface area contributed by atoms with Crippen LogP contribution >= 0.6 is 69.6 Å². The number of carbonyl (C=O) groups is 1. The summed E-state index contributed by atoms with van der Waals surface area (Å²) in [4.78, 5) is 11.1. The van der Waals surface area contributed by atoms with E-state index >= 15 is 0 Å². The average Bonchev–Trinajstić information content (AvgIpc) is 2.21. The summed E-state index contributed by atoms with van der Waals surface area (Å²) in [5.41, 5.74) is -5.62. The van der Waals surface area contributed by atoms with Crippen molar-refractivity contribution in [1.29, 1.82) is 0 Å². The Hall–Kier alpha value is 0.930. The van der Waals surface area contributed by atoms with Gasteiger partial charge in [-0.05, 0) is 0 Å². The third-order valence-electron chi connectivity index (χ3n) is 1.93. The fraction of sp³-hybridized carbons (Fsp3) is 0.800. The van der Waals surface area contributed by atoms with Gasteiger partial charge < -0.3 is 20.8 Å². The van der Waals surface area contributed by atoms with Crippen LogP contribution in [0.3, 0.4) is 0 Å². The van der Waals surface area contributed by atoms with Crippen molar-refractivity contribution in [2.75, 3.05) is 0 Å². The normalized spacial score (nSPS) is 35.9.